The summed E-state index contributed by atoms with van der Waals surface area (Å²) in [6, 6.07) is 14.6. The van der Waals surface area contributed by atoms with Crippen LogP contribution in [0.1, 0.15) is 39.0 Å². The molecule has 4 rings (SSSR count). The van der Waals surface area contributed by atoms with Gasteiger partial charge in [0.25, 0.3) is 5.91 Å². The molecule has 0 fully saturated rings. The fourth-order valence-electron chi connectivity index (χ4n) is 3.95. The maximum Gasteiger partial charge on any atom is 0.416 e. The Morgan fingerprint density at radius 2 is 1.66 bits per heavy atom. The topological polar surface area (TPSA) is 57.6 Å². The van der Waals surface area contributed by atoms with E-state index >= 15 is 0 Å². The van der Waals surface area contributed by atoms with Crippen molar-refractivity contribution in [2.24, 2.45) is 0 Å². The van der Waals surface area contributed by atoms with Crippen LogP contribution in [0.5, 0.6) is 0 Å². The van der Waals surface area contributed by atoms with Gasteiger partial charge in [-0.3, -0.25) is 14.5 Å². The molecule has 32 heavy (non-hydrogen) atoms. The van der Waals surface area contributed by atoms with E-state index < -0.39 is 35.6 Å². The molecule has 0 unspecified atom stereocenters. The molecule has 0 saturated carbocycles. The van der Waals surface area contributed by atoms with Crippen LogP contribution in [0.3, 0.4) is 0 Å². The van der Waals surface area contributed by atoms with Crippen LogP contribution in [0.25, 0.3) is 0 Å². The number of hydrogen-bond donors (Lipinski definition) is 1. The zero-order valence-corrected chi connectivity index (χ0v) is 19.3. The van der Waals surface area contributed by atoms with Gasteiger partial charge in [0.05, 0.1) is 11.6 Å². The number of hydrogen-bond acceptors (Lipinski definition) is 2. The predicted molar refractivity (Wildman–Crippen MR) is 120 cm³/mol. The van der Waals surface area contributed by atoms with E-state index in [0.717, 1.165) is 17.0 Å². The second-order valence-corrected chi connectivity index (χ2v) is 8.95. The van der Waals surface area contributed by atoms with Crippen molar-refractivity contribution in [1.29, 1.82) is 0 Å². The van der Waals surface area contributed by atoms with E-state index in [9.17, 15) is 27.9 Å². The predicted octanol–water partition coefficient (Wildman–Crippen LogP) is 6.80. The van der Waals surface area contributed by atoms with Gasteiger partial charge >= 0.3 is 12.1 Å². The molecule has 1 aliphatic heterocycles. The maximum absolute atomic E-state index is 13.5. The van der Waals surface area contributed by atoms with Gasteiger partial charge in [-0.25, -0.2) is 0 Å². The number of carboxylic acids is 1. The number of rotatable bonds is 3. The molecule has 4 nitrogen and oxygen atoms in total. The molecule has 0 radical (unpaired) electrons. The summed E-state index contributed by atoms with van der Waals surface area (Å²) in [6.07, 6.45) is -4.62. The Labute approximate surface area is 197 Å². The molecule has 1 amide bonds. The Balaban J connectivity index is 2.00. The van der Waals surface area contributed by atoms with Crippen molar-refractivity contribution in [3.05, 3.63) is 97.9 Å². The first-order valence-electron chi connectivity index (χ1n) is 9.37. The molecule has 1 heterocycles. The number of benzene rings is 3. The Bertz CT molecular complexity index is 1230. The molecule has 3 aromatic rings. The minimum atomic E-state index is -4.62. The summed E-state index contributed by atoms with van der Waals surface area (Å²) in [5.41, 5.74) is -0.0337. The number of carbonyl (C=O) groups is 2. The van der Waals surface area contributed by atoms with Gasteiger partial charge in [0.2, 0.25) is 0 Å². The lowest BCUT2D eigenvalue weighted by Crippen LogP contribution is -2.45. The molecule has 2 atom stereocenters. The Morgan fingerprint density at radius 3 is 2.31 bits per heavy atom. The third kappa shape index (κ3) is 3.95. The first kappa shape index (κ1) is 22.5. The van der Waals surface area contributed by atoms with Crippen LogP contribution in [0.2, 0.25) is 0 Å². The van der Waals surface area contributed by atoms with Gasteiger partial charge in [0.15, 0.2) is 0 Å². The number of alkyl halides is 3. The first-order chi connectivity index (χ1) is 15.1. The van der Waals surface area contributed by atoms with Crippen molar-refractivity contribution in [2.45, 2.75) is 18.1 Å². The van der Waals surface area contributed by atoms with E-state index in [-0.39, 0.29) is 11.3 Å². The second-order valence-electron chi connectivity index (χ2n) is 7.24. The molecule has 3 aromatic carbocycles. The molecule has 164 valence electrons. The van der Waals surface area contributed by atoms with E-state index in [2.05, 4.69) is 31.9 Å². The number of aliphatic carboxylic acids is 1. The van der Waals surface area contributed by atoms with E-state index in [0.29, 0.717) is 20.1 Å². The number of carboxylic acid groups (broad SMARTS) is 1. The molecule has 1 aliphatic rings. The highest BCUT2D eigenvalue weighted by molar-refractivity contribution is 9.13. The Morgan fingerprint density at radius 1 is 0.938 bits per heavy atom. The number of carbonyl (C=O) groups excluding carboxylic acids is 1. The number of fused-ring (bicyclic) bond motifs is 1. The monoisotopic (exact) mass is 567 g/mol. The zero-order valence-electron chi connectivity index (χ0n) is 16.1. The summed E-state index contributed by atoms with van der Waals surface area (Å²) in [7, 11) is 0. The first-order valence-corrected chi connectivity index (χ1v) is 11.0. The Hall–Kier alpha value is -2.65. The highest BCUT2D eigenvalue weighted by Gasteiger charge is 2.45. The molecular formula is C23H14Br2F3NO3. The average molecular weight is 569 g/mol. The van der Waals surface area contributed by atoms with Gasteiger partial charge in [-0.15, -0.1) is 0 Å². The van der Waals surface area contributed by atoms with Crippen molar-refractivity contribution in [3.8, 4) is 0 Å². The number of nitrogens with zero attached hydrogens (tertiary/aromatic N) is 1. The van der Waals surface area contributed by atoms with Gasteiger partial charge in [-0.2, -0.15) is 13.2 Å². The summed E-state index contributed by atoms with van der Waals surface area (Å²) in [5.74, 6) is -2.95. The molecule has 0 saturated heterocycles. The average Bonchev–Trinajstić information content (AvgIpc) is 2.75. The molecule has 0 aliphatic carbocycles. The van der Waals surface area contributed by atoms with E-state index in [4.69, 9.17) is 0 Å². The molecular weight excluding hydrogens is 555 g/mol. The van der Waals surface area contributed by atoms with Crippen molar-refractivity contribution >= 4 is 49.4 Å². The third-order valence-electron chi connectivity index (χ3n) is 5.34. The minimum absolute atomic E-state index is 0.0328. The van der Waals surface area contributed by atoms with E-state index in [1.807, 2.05) is 0 Å². The fraction of sp³-hybridized carbons (Fsp3) is 0.130. The fourth-order valence-corrected chi connectivity index (χ4v) is 4.60. The molecule has 1 N–H and O–H groups in total. The lowest BCUT2D eigenvalue weighted by molar-refractivity contribution is -0.140. The highest BCUT2D eigenvalue weighted by Crippen LogP contribution is 2.46. The number of anilines is 1. The number of halogens is 5. The van der Waals surface area contributed by atoms with Crippen LogP contribution >= 0.6 is 31.9 Å². The van der Waals surface area contributed by atoms with E-state index in [1.54, 1.807) is 36.4 Å². The van der Waals surface area contributed by atoms with Crippen molar-refractivity contribution in [3.63, 3.8) is 0 Å². The van der Waals surface area contributed by atoms with Crippen LogP contribution in [0, 0.1) is 0 Å². The second kappa shape index (κ2) is 8.37. The largest absolute Gasteiger partial charge is 0.481 e. The van der Waals surface area contributed by atoms with Crippen LogP contribution in [0.4, 0.5) is 18.9 Å². The lowest BCUT2D eigenvalue weighted by Gasteiger charge is -2.41. The summed E-state index contributed by atoms with van der Waals surface area (Å²) in [6.45, 7) is 0. The summed E-state index contributed by atoms with van der Waals surface area (Å²) >= 11 is 6.74. The maximum atomic E-state index is 13.5. The van der Waals surface area contributed by atoms with Gasteiger partial charge in [0, 0.05) is 20.2 Å². The molecule has 0 spiro atoms. The van der Waals surface area contributed by atoms with Crippen molar-refractivity contribution < 1.29 is 27.9 Å². The molecule has 0 aromatic heterocycles. The molecule has 0 bridgehead atoms. The highest BCUT2D eigenvalue weighted by atomic mass is 79.9. The minimum Gasteiger partial charge on any atom is -0.481 e. The van der Waals surface area contributed by atoms with Crippen LogP contribution < -0.4 is 4.90 Å². The quantitative estimate of drug-likeness (QED) is 0.378. The van der Waals surface area contributed by atoms with Crippen molar-refractivity contribution in [1.82, 2.24) is 0 Å². The van der Waals surface area contributed by atoms with Gasteiger partial charge in [-0.1, -0.05) is 30.3 Å². The SMILES string of the molecule is O=C(O)[C@@H]1c2ccccc2C(=O)N(c2cccc(C(F)(F)F)c2)[C@@H]1c1ccc(Br)c(Br)c1. The standard InChI is InChI=1S/C23H14Br2F3NO3/c24-17-9-8-12(10-18(17)25)20-19(22(31)32)15-6-1-2-7-16(15)21(30)29(20)14-5-3-4-13(11-14)23(26,27)28/h1-11,19-20H,(H,31,32)/t19-,20-/m1/s1. The van der Waals surface area contributed by atoms with Crippen LogP contribution in [0.15, 0.2) is 75.7 Å². The summed E-state index contributed by atoms with van der Waals surface area (Å²) in [5, 5.41) is 10.1. The van der Waals surface area contributed by atoms with E-state index in [1.165, 1.54) is 18.2 Å². The van der Waals surface area contributed by atoms with Crippen molar-refractivity contribution in [2.75, 3.05) is 4.90 Å². The lowest BCUT2D eigenvalue weighted by atomic mass is 9.79. The smallest absolute Gasteiger partial charge is 0.416 e. The summed E-state index contributed by atoms with van der Waals surface area (Å²) < 4.78 is 41.5. The van der Waals surface area contributed by atoms with Crippen LogP contribution in [-0.2, 0) is 11.0 Å². The third-order valence-corrected chi connectivity index (χ3v) is 7.22. The van der Waals surface area contributed by atoms with Gasteiger partial charge in [-0.05, 0) is 79.4 Å². The Kier molecular flexibility index (Phi) is 5.89. The molecule has 9 heteroatoms. The number of amides is 1. The summed E-state index contributed by atoms with van der Waals surface area (Å²) in [4.78, 5) is 27.1. The van der Waals surface area contributed by atoms with Crippen LogP contribution in [-0.4, -0.2) is 17.0 Å². The zero-order chi connectivity index (χ0) is 23.2. The normalized spacial score (nSPS) is 18.4. The van der Waals surface area contributed by atoms with Gasteiger partial charge in [0.1, 0.15) is 5.92 Å². The van der Waals surface area contributed by atoms with Gasteiger partial charge < -0.3 is 5.11 Å².